The number of ether oxygens (including phenoxy) is 1. The summed E-state index contributed by atoms with van der Waals surface area (Å²) in [5.74, 6) is 0.917. The fraction of sp³-hybridized carbons (Fsp3) is 0.136. The molecule has 0 saturated carbocycles. The third-order valence-corrected chi connectivity index (χ3v) is 4.94. The van der Waals surface area contributed by atoms with E-state index in [-0.39, 0.29) is 10.4 Å². The normalized spacial score (nSPS) is 10.7. The van der Waals surface area contributed by atoms with Crippen molar-refractivity contribution in [1.29, 1.82) is 0 Å². The highest BCUT2D eigenvalue weighted by Crippen LogP contribution is 2.14. The number of hydrogen-bond donors (Lipinski definition) is 0. The fourth-order valence-electron chi connectivity index (χ4n) is 2.33. The van der Waals surface area contributed by atoms with Crippen molar-refractivity contribution in [3.63, 3.8) is 0 Å². The first kappa shape index (κ1) is 25.3. The molecule has 0 radical (unpaired) electrons. The van der Waals surface area contributed by atoms with Gasteiger partial charge < -0.3 is 14.8 Å². The minimum Gasteiger partial charge on any atom is -0.744 e. The number of aromatic nitrogens is 1. The van der Waals surface area contributed by atoms with Gasteiger partial charge in [0.2, 0.25) is 5.69 Å². The Bertz CT molecular complexity index is 1050. The molecule has 160 valence electrons. The van der Waals surface area contributed by atoms with Gasteiger partial charge in [-0.15, -0.1) is 0 Å². The monoisotopic (exact) mass is 449 g/mol. The predicted molar refractivity (Wildman–Crippen MR) is 117 cm³/mol. The van der Waals surface area contributed by atoms with Crippen molar-refractivity contribution in [2.24, 2.45) is 7.05 Å². The SMILES string of the molecule is CCOc1ccc(/C=C/c2cccc[n+]2C)cc1.O.O=S(=O)([O-])c1ccc(Cl)cc1. The number of pyridine rings is 1. The van der Waals surface area contributed by atoms with Crippen molar-refractivity contribution < 1.29 is 27.8 Å². The molecular formula is C22H24ClNO5S. The number of rotatable bonds is 5. The molecule has 0 spiro atoms. The quantitative estimate of drug-likeness (QED) is 0.439. The van der Waals surface area contributed by atoms with Crippen LogP contribution < -0.4 is 9.30 Å². The lowest BCUT2D eigenvalue weighted by Gasteiger charge is -2.05. The highest BCUT2D eigenvalue weighted by Gasteiger charge is 1.99. The molecule has 2 N–H and O–H groups in total. The molecule has 0 fully saturated rings. The van der Waals surface area contributed by atoms with Crippen LogP contribution in [0.2, 0.25) is 5.02 Å². The first-order valence-corrected chi connectivity index (χ1v) is 10.7. The van der Waals surface area contributed by atoms with E-state index in [2.05, 4.69) is 34.9 Å². The van der Waals surface area contributed by atoms with Crippen LogP contribution in [-0.4, -0.2) is 25.1 Å². The van der Waals surface area contributed by atoms with Gasteiger partial charge in [-0.1, -0.05) is 23.7 Å². The third-order valence-electron chi connectivity index (χ3n) is 3.84. The summed E-state index contributed by atoms with van der Waals surface area (Å²) in [4.78, 5) is -0.262. The maximum absolute atomic E-state index is 10.3. The number of nitrogens with zero attached hydrogens (tertiary/aromatic N) is 1. The minimum atomic E-state index is -4.33. The van der Waals surface area contributed by atoms with Crippen LogP contribution in [0.25, 0.3) is 12.2 Å². The van der Waals surface area contributed by atoms with Gasteiger partial charge in [-0.25, -0.2) is 13.0 Å². The number of benzene rings is 2. The molecule has 2 aromatic carbocycles. The highest BCUT2D eigenvalue weighted by atomic mass is 35.5. The van der Waals surface area contributed by atoms with Crippen molar-refractivity contribution in [1.82, 2.24) is 0 Å². The van der Waals surface area contributed by atoms with E-state index < -0.39 is 10.1 Å². The molecule has 3 aromatic rings. The van der Waals surface area contributed by atoms with Crippen molar-refractivity contribution >= 4 is 33.9 Å². The van der Waals surface area contributed by atoms with Crippen LogP contribution in [-0.2, 0) is 17.2 Å². The highest BCUT2D eigenvalue weighted by molar-refractivity contribution is 7.85. The topological polar surface area (TPSA) is 102 Å². The van der Waals surface area contributed by atoms with Gasteiger partial charge in [0.25, 0.3) is 0 Å². The molecule has 0 amide bonds. The molecule has 3 rings (SSSR count). The molecule has 1 heterocycles. The molecule has 0 aliphatic rings. The smallest absolute Gasteiger partial charge is 0.204 e. The molecule has 8 heteroatoms. The van der Waals surface area contributed by atoms with Crippen molar-refractivity contribution in [2.45, 2.75) is 11.8 Å². The molecule has 30 heavy (non-hydrogen) atoms. The second-order valence-electron chi connectivity index (χ2n) is 5.98. The van der Waals surface area contributed by atoms with Gasteiger partial charge in [-0.05, 0) is 61.0 Å². The Morgan fingerprint density at radius 1 is 1.00 bits per heavy atom. The van der Waals surface area contributed by atoms with Gasteiger partial charge in [0.05, 0.1) is 11.5 Å². The summed E-state index contributed by atoms with van der Waals surface area (Å²) in [5.41, 5.74) is 2.34. The van der Waals surface area contributed by atoms with Crippen LogP contribution in [0.3, 0.4) is 0 Å². The van der Waals surface area contributed by atoms with E-state index in [1.807, 2.05) is 44.4 Å². The number of halogens is 1. The zero-order valence-corrected chi connectivity index (χ0v) is 18.2. The molecular weight excluding hydrogens is 426 g/mol. The van der Waals surface area contributed by atoms with E-state index in [0.29, 0.717) is 11.6 Å². The summed E-state index contributed by atoms with van der Waals surface area (Å²) >= 11 is 5.46. The van der Waals surface area contributed by atoms with Gasteiger partial charge >= 0.3 is 0 Å². The largest absolute Gasteiger partial charge is 0.744 e. The summed E-state index contributed by atoms with van der Waals surface area (Å²) in [6.07, 6.45) is 6.25. The standard InChI is InChI=1S/C16H18NO.C6H5ClO3S.H2O/c1-3-18-16-11-8-14(9-12-16)7-10-15-6-4-5-13-17(15)2;7-5-1-3-6(4-2-5)11(8,9)10;/h4-13H,3H2,1-2H3;1-4H,(H,8,9,10);1H2/q+1;;/p-1/b10-7+;;. The number of hydrogen-bond acceptors (Lipinski definition) is 4. The summed E-state index contributed by atoms with van der Waals surface area (Å²) in [5, 5.41) is 0.400. The Balaban J connectivity index is 0.000000324. The van der Waals surface area contributed by atoms with E-state index in [9.17, 15) is 13.0 Å². The molecule has 6 nitrogen and oxygen atoms in total. The predicted octanol–water partition coefficient (Wildman–Crippen LogP) is 3.50. The Morgan fingerprint density at radius 2 is 1.63 bits per heavy atom. The summed E-state index contributed by atoms with van der Waals surface area (Å²) in [6, 6.07) is 19.3. The molecule has 1 aromatic heterocycles. The molecule has 0 saturated heterocycles. The Kier molecular flexibility index (Phi) is 10.2. The van der Waals surface area contributed by atoms with Gasteiger partial charge in [-0.3, -0.25) is 0 Å². The van der Waals surface area contributed by atoms with E-state index in [4.69, 9.17) is 16.3 Å². The Hall–Kier alpha value is -2.71. The van der Waals surface area contributed by atoms with E-state index >= 15 is 0 Å². The minimum absolute atomic E-state index is 0. The molecule has 0 unspecified atom stereocenters. The Morgan fingerprint density at radius 3 is 2.17 bits per heavy atom. The zero-order chi connectivity index (χ0) is 21.3. The van der Waals surface area contributed by atoms with E-state index in [1.54, 1.807) is 0 Å². The molecule has 0 aliphatic heterocycles. The van der Waals surface area contributed by atoms with Crippen LogP contribution >= 0.6 is 11.6 Å². The van der Waals surface area contributed by atoms with Gasteiger partial charge in [0.1, 0.15) is 22.9 Å². The summed E-state index contributed by atoms with van der Waals surface area (Å²) in [7, 11) is -2.29. The maximum atomic E-state index is 10.3. The maximum Gasteiger partial charge on any atom is 0.204 e. The van der Waals surface area contributed by atoms with Crippen LogP contribution in [0.15, 0.2) is 77.8 Å². The Labute approximate surface area is 182 Å². The summed E-state index contributed by atoms with van der Waals surface area (Å²) in [6.45, 7) is 2.69. The zero-order valence-electron chi connectivity index (χ0n) is 16.7. The third kappa shape index (κ3) is 8.34. The first-order chi connectivity index (χ1) is 13.8. The second-order valence-corrected chi connectivity index (χ2v) is 7.80. The van der Waals surface area contributed by atoms with E-state index in [0.717, 1.165) is 5.75 Å². The first-order valence-electron chi connectivity index (χ1n) is 8.86. The van der Waals surface area contributed by atoms with Crippen LogP contribution in [0.5, 0.6) is 5.75 Å². The second kappa shape index (κ2) is 12.1. The lowest BCUT2D eigenvalue weighted by Crippen LogP contribution is -2.30. The van der Waals surface area contributed by atoms with Crippen LogP contribution in [0.1, 0.15) is 18.2 Å². The number of aryl methyl sites for hydroxylation is 1. The lowest BCUT2D eigenvalue weighted by atomic mass is 10.2. The van der Waals surface area contributed by atoms with Crippen molar-refractivity contribution in [2.75, 3.05) is 6.61 Å². The molecule has 0 atom stereocenters. The van der Waals surface area contributed by atoms with Crippen LogP contribution in [0.4, 0.5) is 0 Å². The van der Waals surface area contributed by atoms with Crippen molar-refractivity contribution in [3.05, 3.63) is 89.2 Å². The van der Waals surface area contributed by atoms with Gasteiger partial charge in [0.15, 0.2) is 6.20 Å². The fourth-order valence-corrected chi connectivity index (χ4v) is 2.93. The molecule has 0 bridgehead atoms. The van der Waals surface area contributed by atoms with Gasteiger partial charge in [0, 0.05) is 23.2 Å². The van der Waals surface area contributed by atoms with Gasteiger partial charge in [-0.2, -0.15) is 0 Å². The molecule has 0 aliphatic carbocycles. The lowest BCUT2D eigenvalue weighted by molar-refractivity contribution is -0.673. The summed E-state index contributed by atoms with van der Waals surface area (Å²) < 4.78 is 38.5. The average molecular weight is 450 g/mol. The average Bonchev–Trinajstić information content (AvgIpc) is 2.69. The van der Waals surface area contributed by atoms with Crippen LogP contribution in [0, 0.1) is 0 Å². The van der Waals surface area contributed by atoms with Crippen molar-refractivity contribution in [3.8, 4) is 5.75 Å². The van der Waals surface area contributed by atoms with E-state index in [1.165, 1.54) is 35.5 Å².